The van der Waals surface area contributed by atoms with Crippen LogP contribution in [-0.2, 0) is 0 Å². The lowest BCUT2D eigenvalue weighted by Crippen LogP contribution is -1.99. The average Bonchev–Trinajstić information content (AvgIpc) is 3.15. The van der Waals surface area contributed by atoms with Gasteiger partial charge < -0.3 is 15.6 Å². The molecule has 0 saturated carbocycles. The maximum absolute atomic E-state index is 9.32. The first-order valence-corrected chi connectivity index (χ1v) is 8.75. The lowest BCUT2D eigenvalue weighted by molar-refractivity contribution is 1.25. The smallest absolute Gasteiger partial charge is 0.144 e. The number of hydrogen-bond donors (Lipinski definition) is 3. The second-order valence-electron chi connectivity index (χ2n) is 6.11. The number of H-pyrrole nitrogens is 1. The molecule has 0 spiro atoms. The largest absolute Gasteiger partial charge is 0.361 e. The summed E-state index contributed by atoms with van der Waals surface area (Å²) in [4.78, 5) is 7.47. The Morgan fingerprint density at radius 2 is 1.71 bits per heavy atom. The highest BCUT2D eigenvalue weighted by Gasteiger charge is 2.06. The van der Waals surface area contributed by atoms with Crippen molar-refractivity contribution < 1.29 is 0 Å². The number of nitrogens with zero attached hydrogens (tertiary/aromatic N) is 3. The van der Waals surface area contributed by atoms with Gasteiger partial charge in [-0.05, 0) is 47.9 Å². The summed E-state index contributed by atoms with van der Waals surface area (Å²) in [5.74, 6) is 0.523. The Hall–Kier alpha value is -4.00. The van der Waals surface area contributed by atoms with Crippen molar-refractivity contribution in [2.45, 2.75) is 0 Å². The average molecular weight is 385 g/mol. The first kappa shape index (κ1) is 17.4. The second-order valence-corrected chi connectivity index (χ2v) is 6.54. The number of rotatable bonds is 4. The molecular weight excluding hydrogens is 372 g/mol. The zero-order valence-corrected chi connectivity index (χ0v) is 15.2. The summed E-state index contributed by atoms with van der Waals surface area (Å²) in [6.45, 7) is 0. The van der Waals surface area contributed by atoms with E-state index in [2.05, 4.69) is 32.7 Å². The molecule has 0 bridgehead atoms. The van der Waals surface area contributed by atoms with Crippen LogP contribution < -0.4 is 10.6 Å². The topological polar surface area (TPSA) is 100 Å². The minimum Gasteiger partial charge on any atom is -0.361 e. The predicted octanol–water partition coefficient (Wildman–Crippen LogP) is 5.45. The van der Waals surface area contributed by atoms with Gasteiger partial charge in [0, 0.05) is 39.9 Å². The summed E-state index contributed by atoms with van der Waals surface area (Å²) in [5.41, 5.74) is 3.86. The fourth-order valence-electron chi connectivity index (χ4n) is 2.89. The molecule has 0 atom stereocenters. The number of aromatic nitrogens is 2. The van der Waals surface area contributed by atoms with Crippen molar-refractivity contribution in [1.82, 2.24) is 9.97 Å². The molecule has 0 amide bonds. The zero-order chi connectivity index (χ0) is 19.5. The van der Waals surface area contributed by atoms with E-state index in [-0.39, 0.29) is 5.69 Å². The molecule has 2 aromatic heterocycles. The highest BCUT2D eigenvalue weighted by molar-refractivity contribution is 6.31. The Bertz CT molecular complexity index is 1260. The summed E-state index contributed by atoms with van der Waals surface area (Å²) in [7, 11) is 0. The van der Waals surface area contributed by atoms with Gasteiger partial charge in [-0.15, -0.1) is 0 Å². The van der Waals surface area contributed by atoms with Crippen LogP contribution in [0.15, 0.2) is 60.8 Å². The van der Waals surface area contributed by atoms with Crippen molar-refractivity contribution in [2.24, 2.45) is 0 Å². The van der Waals surface area contributed by atoms with Crippen molar-refractivity contribution in [3.8, 4) is 12.1 Å². The Morgan fingerprint density at radius 1 is 0.857 bits per heavy atom. The molecule has 0 fully saturated rings. The Kier molecular flexibility index (Phi) is 4.55. The van der Waals surface area contributed by atoms with Crippen LogP contribution in [0.3, 0.4) is 0 Å². The third-order valence-electron chi connectivity index (χ3n) is 4.08. The second kappa shape index (κ2) is 7.32. The quantitative estimate of drug-likeness (QED) is 0.434. The molecule has 28 heavy (non-hydrogen) atoms. The first-order valence-electron chi connectivity index (χ1n) is 8.37. The standard InChI is InChI=1S/C21H13ClN6/c22-15-5-13(11-23)6-17(7-15)26-18-8-19(12-24)28-21(10-18)27-16-2-1-14-3-4-25-20(14)9-16/h1-10,25H,(H2,26,27,28). The zero-order valence-electron chi connectivity index (χ0n) is 14.5. The summed E-state index contributed by atoms with van der Waals surface area (Å²) in [6.07, 6.45) is 1.88. The van der Waals surface area contributed by atoms with E-state index in [1.54, 1.807) is 30.3 Å². The maximum Gasteiger partial charge on any atom is 0.144 e. The highest BCUT2D eigenvalue weighted by Crippen LogP contribution is 2.26. The van der Waals surface area contributed by atoms with Gasteiger partial charge in [0.1, 0.15) is 17.6 Å². The van der Waals surface area contributed by atoms with Gasteiger partial charge >= 0.3 is 0 Å². The van der Waals surface area contributed by atoms with E-state index in [1.807, 2.05) is 30.5 Å². The van der Waals surface area contributed by atoms with Gasteiger partial charge in [-0.2, -0.15) is 10.5 Å². The number of hydrogen-bond acceptors (Lipinski definition) is 5. The number of pyridine rings is 1. The molecule has 0 aliphatic carbocycles. The number of aromatic amines is 1. The van der Waals surface area contributed by atoms with Crippen LogP contribution in [0.4, 0.5) is 22.9 Å². The van der Waals surface area contributed by atoms with E-state index in [4.69, 9.17) is 16.9 Å². The van der Waals surface area contributed by atoms with Gasteiger partial charge in [0.05, 0.1) is 11.6 Å². The van der Waals surface area contributed by atoms with E-state index in [1.165, 1.54) is 0 Å². The number of fused-ring (bicyclic) bond motifs is 1. The third-order valence-corrected chi connectivity index (χ3v) is 4.30. The fraction of sp³-hybridized carbons (Fsp3) is 0. The van der Waals surface area contributed by atoms with Gasteiger partial charge in [-0.1, -0.05) is 17.7 Å². The van der Waals surface area contributed by atoms with Gasteiger partial charge in [0.2, 0.25) is 0 Å². The monoisotopic (exact) mass is 384 g/mol. The van der Waals surface area contributed by atoms with E-state index < -0.39 is 0 Å². The molecule has 3 N–H and O–H groups in total. The molecule has 4 rings (SSSR count). The number of halogens is 1. The fourth-order valence-corrected chi connectivity index (χ4v) is 3.13. The Labute approximate surface area is 166 Å². The molecule has 0 aliphatic heterocycles. The molecule has 134 valence electrons. The van der Waals surface area contributed by atoms with Crippen molar-refractivity contribution in [1.29, 1.82) is 10.5 Å². The molecule has 6 nitrogen and oxygen atoms in total. The third kappa shape index (κ3) is 3.73. The summed E-state index contributed by atoms with van der Waals surface area (Å²) in [6, 6.07) is 20.4. The lowest BCUT2D eigenvalue weighted by atomic mass is 10.2. The van der Waals surface area contributed by atoms with Crippen molar-refractivity contribution >= 4 is 45.4 Å². The molecular formula is C21H13ClN6. The van der Waals surface area contributed by atoms with Crippen LogP contribution in [0, 0.1) is 22.7 Å². The van der Waals surface area contributed by atoms with E-state index in [9.17, 15) is 5.26 Å². The SMILES string of the molecule is N#Cc1cc(Cl)cc(Nc2cc(C#N)nc(Nc3ccc4cc[nH]c4c3)c2)c1. The van der Waals surface area contributed by atoms with Gasteiger partial charge in [0.25, 0.3) is 0 Å². The molecule has 0 unspecified atom stereocenters. The molecule has 7 heteroatoms. The van der Waals surface area contributed by atoms with Gasteiger partial charge in [-0.25, -0.2) is 4.98 Å². The maximum atomic E-state index is 9.32. The van der Waals surface area contributed by atoms with Crippen molar-refractivity contribution in [3.63, 3.8) is 0 Å². The Balaban J connectivity index is 1.65. The van der Waals surface area contributed by atoms with Crippen molar-refractivity contribution in [3.05, 3.63) is 77.1 Å². The van der Waals surface area contributed by atoms with Crippen LogP contribution in [0.2, 0.25) is 5.02 Å². The van der Waals surface area contributed by atoms with Crippen LogP contribution in [0.5, 0.6) is 0 Å². The highest BCUT2D eigenvalue weighted by atomic mass is 35.5. The minimum absolute atomic E-state index is 0.260. The number of benzene rings is 2. The lowest BCUT2D eigenvalue weighted by Gasteiger charge is -2.11. The summed E-state index contributed by atoms with van der Waals surface area (Å²) < 4.78 is 0. The molecule has 2 aromatic carbocycles. The Morgan fingerprint density at radius 3 is 2.54 bits per heavy atom. The molecule has 0 saturated heterocycles. The van der Waals surface area contributed by atoms with Crippen molar-refractivity contribution in [2.75, 3.05) is 10.6 Å². The van der Waals surface area contributed by atoms with Crippen LogP contribution in [0.25, 0.3) is 10.9 Å². The van der Waals surface area contributed by atoms with Crippen LogP contribution in [-0.4, -0.2) is 9.97 Å². The number of nitrogens with one attached hydrogen (secondary N) is 3. The number of nitriles is 2. The number of anilines is 4. The molecule has 2 heterocycles. The van der Waals surface area contributed by atoms with E-state index in [0.29, 0.717) is 27.8 Å². The molecule has 0 radical (unpaired) electrons. The normalized spacial score (nSPS) is 10.2. The summed E-state index contributed by atoms with van der Waals surface area (Å²) >= 11 is 6.06. The van der Waals surface area contributed by atoms with Crippen LogP contribution in [0.1, 0.15) is 11.3 Å². The molecule has 4 aromatic rings. The van der Waals surface area contributed by atoms with Gasteiger partial charge in [-0.3, -0.25) is 0 Å². The predicted molar refractivity (Wildman–Crippen MR) is 110 cm³/mol. The van der Waals surface area contributed by atoms with E-state index in [0.717, 1.165) is 16.6 Å². The first-order chi connectivity index (χ1) is 13.6. The van der Waals surface area contributed by atoms with E-state index >= 15 is 0 Å². The van der Waals surface area contributed by atoms with Crippen LogP contribution >= 0.6 is 11.6 Å². The minimum atomic E-state index is 0.260. The molecule has 0 aliphatic rings. The summed E-state index contributed by atoms with van der Waals surface area (Å²) in [5, 5.41) is 26.4. The van der Waals surface area contributed by atoms with Gasteiger partial charge in [0.15, 0.2) is 0 Å².